The van der Waals surface area contributed by atoms with Crippen molar-refractivity contribution in [2.24, 2.45) is 5.41 Å². The van der Waals surface area contributed by atoms with Crippen LogP contribution in [0, 0.1) is 12.3 Å². The lowest BCUT2D eigenvalue weighted by Gasteiger charge is -2.26. The molecule has 1 atom stereocenters. The van der Waals surface area contributed by atoms with Gasteiger partial charge >= 0.3 is 0 Å². The van der Waals surface area contributed by atoms with Gasteiger partial charge in [0.2, 0.25) is 11.9 Å². The van der Waals surface area contributed by atoms with Crippen LogP contribution in [0.4, 0.5) is 0 Å². The Morgan fingerprint density at radius 3 is 2.06 bits per heavy atom. The summed E-state index contributed by atoms with van der Waals surface area (Å²) >= 11 is 0. The van der Waals surface area contributed by atoms with E-state index in [0.717, 1.165) is 5.69 Å². The molecule has 0 fully saturated rings. The van der Waals surface area contributed by atoms with E-state index in [-0.39, 0.29) is 20.3 Å². The third-order valence-electron chi connectivity index (χ3n) is 2.95. The molecule has 0 saturated heterocycles. The van der Waals surface area contributed by atoms with E-state index in [1.165, 1.54) is 10.3 Å². The monoisotopic (exact) mass is 226 g/mol. The van der Waals surface area contributed by atoms with Gasteiger partial charge in [-0.2, -0.15) is 0 Å². The van der Waals surface area contributed by atoms with Crippen LogP contribution >= 0.6 is 0 Å². The molecule has 0 spiro atoms. The molecule has 0 unspecified atom stereocenters. The normalized spacial score (nSPS) is 12.3. The molecule has 16 heavy (non-hydrogen) atoms. The first kappa shape index (κ1) is 17.3. The molecular weight excluding hydrogens is 198 g/mol. The van der Waals surface area contributed by atoms with Gasteiger partial charge in [0, 0.05) is 23.3 Å². The molecule has 0 aromatic carbocycles. The molecule has 1 aromatic rings. The Bertz CT molecular complexity index is 326. The Balaban J connectivity index is 0. The maximum Gasteiger partial charge on any atom is 0.231 e. The molecule has 0 aliphatic rings. The van der Waals surface area contributed by atoms with Crippen molar-refractivity contribution in [3.8, 4) is 0 Å². The Labute approximate surface area is 101 Å². The number of rotatable bonds is 1. The van der Waals surface area contributed by atoms with E-state index in [1.807, 2.05) is 13.0 Å². The van der Waals surface area contributed by atoms with Crippen LogP contribution in [0.2, 0.25) is 0 Å². The third-order valence-corrected chi connectivity index (χ3v) is 2.95. The zero-order chi connectivity index (χ0) is 10.9. The Morgan fingerprint density at radius 1 is 1.19 bits per heavy atom. The number of hydrogen-bond acceptors (Lipinski definition) is 1. The fourth-order valence-corrected chi connectivity index (χ4v) is 1.34. The minimum atomic E-state index is 0. The second-order valence-corrected chi connectivity index (χ2v) is 5.04. The summed E-state index contributed by atoms with van der Waals surface area (Å²) in [6.45, 7) is 10.7. The number of hydrogen-bond donors (Lipinski definition) is 1. The highest BCUT2D eigenvalue weighted by Crippen LogP contribution is 2.33. The maximum absolute atomic E-state index is 9.53. The highest BCUT2D eigenvalue weighted by atomic mass is 16.5. The highest BCUT2D eigenvalue weighted by molar-refractivity contribution is 5.15. The van der Waals surface area contributed by atoms with E-state index in [1.54, 1.807) is 6.20 Å². The summed E-state index contributed by atoms with van der Waals surface area (Å²) in [6.07, 6.45) is 1.80. The molecule has 2 nitrogen and oxygen atoms in total. The molecule has 0 saturated carbocycles. The van der Waals surface area contributed by atoms with Crippen molar-refractivity contribution >= 4 is 0 Å². The topological polar surface area (TPSA) is 24.1 Å². The Morgan fingerprint density at radius 2 is 1.69 bits per heavy atom. The SMILES string of the molecule is C.C.Cc1ccc([C@@H](C)C(C)(C)C)c[n+]1O. The lowest BCUT2D eigenvalue weighted by atomic mass is 9.78. The van der Waals surface area contributed by atoms with Crippen molar-refractivity contribution in [2.75, 3.05) is 0 Å². The minimum absolute atomic E-state index is 0. The van der Waals surface area contributed by atoms with E-state index in [4.69, 9.17) is 0 Å². The molecule has 0 radical (unpaired) electrons. The fraction of sp³-hybridized carbons (Fsp3) is 0.643. The van der Waals surface area contributed by atoms with Gasteiger partial charge in [-0.25, -0.2) is 0 Å². The first-order chi connectivity index (χ1) is 6.32. The lowest BCUT2D eigenvalue weighted by molar-refractivity contribution is -0.909. The van der Waals surface area contributed by atoms with E-state index in [2.05, 4.69) is 33.8 Å². The summed E-state index contributed by atoms with van der Waals surface area (Å²) in [7, 11) is 0. The van der Waals surface area contributed by atoms with Crippen LogP contribution in [0.5, 0.6) is 0 Å². The van der Waals surface area contributed by atoms with Crippen molar-refractivity contribution in [3.05, 3.63) is 29.6 Å². The van der Waals surface area contributed by atoms with Crippen LogP contribution in [0.3, 0.4) is 0 Å². The van der Waals surface area contributed by atoms with Crippen molar-refractivity contribution in [1.82, 2.24) is 0 Å². The summed E-state index contributed by atoms with van der Waals surface area (Å²) in [6, 6.07) is 4.02. The van der Waals surface area contributed by atoms with Gasteiger partial charge in [-0.1, -0.05) is 42.5 Å². The average Bonchev–Trinajstić information content (AvgIpc) is 2.07. The molecule has 94 valence electrons. The third kappa shape index (κ3) is 3.84. The van der Waals surface area contributed by atoms with Crippen LogP contribution in [0.25, 0.3) is 0 Å². The summed E-state index contributed by atoms with van der Waals surface area (Å²) in [5, 5.41) is 9.53. The number of aromatic nitrogens is 1. The fourth-order valence-electron chi connectivity index (χ4n) is 1.34. The first-order valence-corrected chi connectivity index (χ1v) is 5.04. The van der Waals surface area contributed by atoms with Gasteiger partial charge in [-0.05, 0) is 17.4 Å². The Hall–Kier alpha value is -1.05. The molecule has 1 aromatic heterocycles. The van der Waals surface area contributed by atoms with Gasteiger partial charge < -0.3 is 0 Å². The molecule has 1 heterocycles. The van der Waals surface area contributed by atoms with E-state index in [9.17, 15) is 5.21 Å². The second kappa shape index (κ2) is 5.88. The van der Waals surface area contributed by atoms with E-state index < -0.39 is 0 Å². The quantitative estimate of drug-likeness (QED) is 0.569. The van der Waals surface area contributed by atoms with Crippen LogP contribution in [0.15, 0.2) is 18.3 Å². The van der Waals surface area contributed by atoms with Crippen molar-refractivity contribution in [3.63, 3.8) is 0 Å². The number of aryl methyl sites for hydroxylation is 1. The number of pyridine rings is 1. The highest BCUT2D eigenvalue weighted by Gasteiger charge is 2.24. The van der Waals surface area contributed by atoms with Crippen molar-refractivity contribution < 1.29 is 9.94 Å². The van der Waals surface area contributed by atoms with Crippen molar-refractivity contribution in [1.29, 1.82) is 0 Å². The van der Waals surface area contributed by atoms with Gasteiger partial charge in [0.25, 0.3) is 0 Å². The second-order valence-electron chi connectivity index (χ2n) is 5.04. The average molecular weight is 226 g/mol. The largest absolute Gasteiger partial charge is 0.285 e. The van der Waals surface area contributed by atoms with Crippen molar-refractivity contribution in [2.45, 2.75) is 55.4 Å². The van der Waals surface area contributed by atoms with Crippen LogP contribution in [0.1, 0.15) is 59.7 Å². The molecule has 0 aliphatic carbocycles. The van der Waals surface area contributed by atoms with Gasteiger partial charge in [0.05, 0.1) is 0 Å². The lowest BCUT2D eigenvalue weighted by Crippen LogP contribution is -2.34. The predicted octanol–water partition coefficient (Wildman–Crippen LogP) is 3.94. The molecule has 0 bridgehead atoms. The number of nitrogens with zero attached hydrogens (tertiary/aromatic N) is 1. The summed E-state index contributed by atoms with van der Waals surface area (Å²) in [5.74, 6) is 0.432. The molecule has 1 rings (SSSR count). The maximum atomic E-state index is 9.53. The van der Waals surface area contributed by atoms with Gasteiger partial charge in [0.1, 0.15) is 0 Å². The van der Waals surface area contributed by atoms with Crippen LogP contribution in [-0.4, -0.2) is 5.21 Å². The van der Waals surface area contributed by atoms with Gasteiger partial charge in [-0.15, -0.1) is 0 Å². The van der Waals surface area contributed by atoms with Crippen LogP contribution < -0.4 is 4.73 Å². The molecule has 2 heteroatoms. The van der Waals surface area contributed by atoms with E-state index in [0.29, 0.717) is 5.92 Å². The zero-order valence-corrected chi connectivity index (χ0v) is 9.70. The van der Waals surface area contributed by atoms with E-state index >= 15 is 0 Å². The Kier molecular flexibility index (Phi) is 6.37. The van der Waals surface area contributed by atoms with Gasteiger partial charge in [0.15, 0.2) is 0 Å². The molecule has 0 amide bonds. The summed E-state index contributed by atoms with van der Waals surface area (Å²) in [5.41, 5.74) is 2.25. The standard InChI is InChI=1S/C12H20NO.2CH4/c1-9-6-7-11(8-13(9)14)10(2)12(3,4)5;;/h6-8,10,14H,1-5H3;2*1H4/q+1;;/t10-;;/m1../s1. The minimum Gasteiger partial charge on any atom is -0.285 e. The predicted molar refractivity (Wildman–Crippen MR) is 69.9 cm³/mol. The zero-order valence-electron chi connectivity index (χ0n) is 9.70. The smallest absolute Gasteiger partial charge is 0.231 e. The molecule has 1 N–H and O–H groups in total. The molecular formula is C14H28NO+. The van der Waals surface area contributed by atoms with Gasteiger partial charge in [-0.3, -0.25) is 5.21 Å². The van der Waals surface area contributed by atoms with Crippen LogP contribution in [-0.2, 0) is 0 Å². The summed E-state index contributed by atoms with van der Waals surface area (Å²) < 4.78 is 1.19. The first-order valence-electron chi connectivity index (χ1n) is 5.04. The molecule has 0 aliphatic heterocycles. The summed E-state index contributed by atoms with van der Waals surface area (Å²) in [4.78, 5) is 0.